The molecule has 1 rings (SSSR count). The molecule has 1 aromatic carbocycles. The molecule has 0 heterocycles. The normalized spacial score (nSPS) is 12.5. The van der Waals surface area contributed by atoms with Crippen LogP contribution in [0.1, 0.15) is 16.8 Å². The second-order valence-electron chi connectivity index (χ2n) is 3.62. The van der Waals surface area contributed by atoms with Crippen LogP contribution in [0.5, 0.6) is 0 Å². The minimum atomic E-state index is -4.64. The smallest absolute Gasteiger partial charge is 0.294 e. The Morgan fingerprint density at radius 1 is 1.05 bits per heavy atom. The van der Waals surface area contributed by atoms with Crippen LogP contribution in [0, 0.1) is 0 Å². The summed E-state index contributed by atoms with van der Waals surface area (Å²) in [4.78, 5) is 10.9. The zero-order valence-corrected chi connectivity index (χ0v) is 12.4. The van der Waals surface area contributed by atoms with Gasteiger partial charge in [-0.05, 0) is 41.7 Å². The fourth-order valence-electron chi connectivity index (χ4n) is 1.36. The molecular formula is C11H7ClF6OS2. The van der Waals surface area contributed by atoms with Crippen molar-refractivity contribution in [2.75, 3.05) is 5.88 Å². The maximum Gasteiger partial charge on any atom is 0.446 e. The van der Waals surface area contributed by atoms with Gasteiger partial charge < -0.3 is 0 Å². The van der Waals surface area contributed by atoms with E-state index in [4.69, 9.17) is 11.6 Å². The molecule has 118 valence electrons. The molecular weight excluding hydrogens is 362 g/mol. The van der Waals surface area contributed by atoms with E-state index in [1.54, 1.807) is 0 Å². The number of ketones is 1. The number of hydrogen-bond acceptors (Lipinski definition) is 3. The van der Waals surface area contributed by atoms with E-state index in [1.165, 1.54) is 0 Å². The highest BCUT2D eigenvalue weighted by Crippen LogP contribution is 2.42. The molecule has 0 spiro atoms. The minimum Gasteiger partial charge on any atom is -0.294 e. The first-order chi connectivity index (χ1) is 9.52. The van der Waals surface area contributed by atoms with Gasteiger partial charge in [0.25, 0.3) is 0 Å². The number of rotatable bonds is 5. The fourth-order valence-corrected chi connectivity index (χ4v) is 2.78. The number of hydrogen-bond donors (Lipinski definition) is 0. The summed E-state index contributed by atoms with van der Waals surface area (Å²) in [6.07, 6.45) is -0.257. The highest BCUT2D eigenvalue weighted by Gasteiger charge is 2.33. The van der Waals surface area contributed by atoms with Crippen molar-refractivity contribution in [2.45, 2.75) is 27.2 Å². The number of Topliss-reactive ketones (excluding diaryl/α,β-unsaturated/α-hetero) is 1. The second kappa shape index (κ2) is 7.15. The first-order valence-electron chi connectivity index (χ1n) is 5.26. The van der Waals surface area contributed by atoms with E-state index in [0.29, 0.717) is 0 Å². The van der Waals surface area contributed by atoms with Crippen molar-refractivity contribution in [3.63, 3.8) is 0 Å². The lowest BCUT2D eigenvalue weighted by atomic mass is 10.1. The fraction of sp³-hybridized carbons (Fsp3) is 0.364. The van der Waals surface area contributed by atoms with E-state index in [0.717, 1.165) is 18.2 Å². The van der Waals surface area contributed by atoms with Crippen molar-refractivity contribution in [2.24, 2.45) is 0 Å². The van der Waals surface area contributed by atoms with Gasteiger partial charge in [0.1, 0.15) is 0 Å². The van der Waals surface area contributed by atoms with E-state index in [-0.39, 0.29) is 17.2 Å². The predicted octanol–water partition coefficient (Wildman–Crippen LogP) is 5.72. The van der Waals surface area contributed by atoms with Crippen LogP contribution in [0.15, 0.2) is 28.0 Å². The Bertz CT molecular complexity index is 514. The van der Waals surface area contributed by atoms with Crippen LogP contribution < -0.4 is 0 Å². The lowest BCUT2D eigenvalue weighted by molar-refractivity contribution is -0.0338. The molecule has 0 bridgehead atoms. The molecule has 0 atom stereocenters. The lowest BCUT2D eigenvalue weighted by Gasteiger charge is -2.12. The third-order valence-electron chi connectivity index (χ3n) is 2.03. The van der Waals surface area contributed by atoms with Gasteiger partial charge in [-0.1, -0.05) is 0 Å². The molecule has 0 N–H and O–H groups in total. The van der Waals surface area contributed by atoms with Crippen LogP contribution in [0.3, 0.4) is 0 Å². The van der Waals surface area contributed by atoms with Crippen molar-refractivity contribution >= 4 is 40.9 Å². The number of benzene rings is 1. The molecule has 21 heavy (non-hydrogen) atoms. The molecule has 0 saturated carbocycles. The Kier molecular flexibility index (Phi) is 6.30. The Balaban J connectivity index is 3.16. The minimum absolute atomic E-state index is 0.133. The summed E-state index contributed by atoms with van der Waals surface area (Å²) in [6.45, 7) is 0. The third kappa shape index (κ3) is 6.84. The van der Waals surface area contributed by atoms with Gasteiger partial charge in [-0.15, -0.1) is 11.6 Å². The molecule has 0 aromatic heterocycles. The van der Waals surface area contributed by atoms with Gasteiger partial charge in [0.15, 0.2) is 5.78 Å². The SMILES string of the molecule is O=C(CCCl)c1cc(SC(F)(F)F)ccc1SC(F)(F)F. The van der Waals surface area contributed by atoms with E-state index in [1.807, 2.05) is 0 Å². The van der Waals surface area contributed by atoms with Gasteiger partial charge in [-0.2, -0.15) is 26.3 Å². The van der Waals surface area contributed by atoms with Crippen molar-refractivity contribution in [3.05, 3.63) is 23.8 Å². The maximum atomic E-state index is 12.4. The standard InChI is InChI=1S/C11H7ClF6OS2/c12-4-3-8(19)7-5-6(20-10(13,14)15)1-2-9(7)21-11(16,17)18/h1-2,5H,3-4H2. The number of thioether (sulfide) groups is 2. The predicted molar refractivity (Wildman–Crippen MR) is 69.9 cm³/mol. The molecule has 1 nitrogen and oxygen atoms in total. The van der Waals surface area contributed by atoms with E-state index >= 15 is 0 Å². The van der Waals surface area contributed by atoms with Crippen molar-refractivity contribution in [1.29, 1.82) is 0 Å². The summed E-state index contributed by atoms with van der Waals surface area (Å²) < 4.78 is 73.9. The molecule has 0 fully saturated rings. The molecule has 0 aliphatic rings. The molecule has 0 radical (unpaired) electrons. The first kappa shape index (κ1) is 18.5. The molecule has 0 aliphatic heterocycles. The molecule has 0 saturated heterocycles. The zero-order valence-electron chi connectivity index (χ0n) is 10.0. The Morgan fingerprint density at radius 2 is 1.62 bits per heavy atom. The summed E-state index contributed by atoms with van der Waals surface area (Å²) in [5.41, 5.74) is -9.65. The monoisotopic (exact) mass is 368 g/mol. The third-order valence-corrected chi connectivity index (χ3v) is 3.75. The maximum absolute atomic E-state index is 12.4. The second-order valence-corrected chi connectivity index (χ2v) is 6.24. The first-order valence-corrected chi connectivity index (χ1v) is 7.43. The number of carbonyl (C=O) groups is 1. The summed E-state index contributed by atoms with van der Waals surface area (Å²) in [6, 6.07) is 2.55. The summed E-state index contributed by atoms with van der Waals surface area (Å²) in [5, 5.41) is 0. The summed E-state index contributed by atoms with van der Waals surface area (Å²) in [7, 11) is 0. The Morgan fingerprint density at radius 3 is 2.10 bits per heavy atom. The van der Waals surface area contributed by atoms with E-state index in [9.17, 15) is 31.1 Å². The van der Waals surface area contributed by atoms with E-state index in [2.05, 4.69) is 0 Å². The van der Waals surface area contributed by atoms with Gasteiger partial charge in [0, 0.05) is 27.7 Å². The molecule has 0 amide bonds. The van der Waals surface area contributed by atoms with Crippen LogP contribution in [-0.4, -0.2) is 22.7 Å². The van der Waals surface area contributed by atoms with Crippen LogP contribution in [0.2, 0.25) is 0 Å². The van der Waals surface area contributed by atoms with Gasteiger partial charge in [-0.3, -0.25) is 4.79 Å². The summed E-state index contributed by atoms with van der Waals surface area (Å²) in [5.74, 6) is -0.868. The molecule has 0 unspecified atom stereocenters. The van der Waals surface area contributed by atoms with Crippen molar-refractivity contribution in [1.82, 2.24) is 0 Å². The topological polar surface area (TPSA) is 17.1 Å². The molecule has 0 aliphatic carbocycles. The van der Waals surface area contributed by atoms with Gasteiger partial charge in [0.05, 0.1) is 0 Å². The van der Waals surface area contributed by atoms with E-state index < -0.39 is 50.8 Å². The Hall–Kier alpha value is -0.540. The number of halogens is 7. The van der Waals surface area contributed by atoms with Crippen molar-refractivity contribution in [3.8, 4) is 0 Å². The van der Waals surface area contributed by atoms with Crippen molar-refractivity contribution < 1.29 is 31.1 Å². The molecule has 1 aromatic rings. The van der Waals surface area contributed by atoms with Gasteiger partial charge in [-0.25, -0.2) is 0 Å². The number of carbonyl (C=O) groups excluding carboxylic acids is 1. The van der Waals surface area contributed by atoms with Gasteiger partial charge >= 0.3 is 11.0 Å². The largest absolute Gasteiger partial charge is 0.446 e. The average Bonchev–Trinajstić information content (AvgIpc) is 2.27. The lowest BCUT2D eigenvalue weighted by Crippen LogP contribution is -2.07. The van der Waals surface area contributed by atoms with Gasteiger partial charge in [0.2, 0.25) is 0 Å². The number of alkyl halides is 7. The highest BCUT2D eigenvalue weighted by molar-refractivity contribution is 8.00. The quantitative estimate of drug-likeness (QED) is 0.286. The zero-order chi connectivity index (χ0) is 16.3. The van der Waals surface area contributed by atoms with Crippen LogP contribution in [0.25, 0.3) is 0 Å². The Labute approximate surface area is 129 Å². The van der Waals surface area contributed by atoms with Crippen LogP contribution in [0.4, 0.5) is 26.3 Å². The molecule has 10 heteroatoms. The van der Waals surface area contributed by atoms with Crippen LogP contribution in [-0.2, 0) is 0 Å². The van der Waals surface area contributed by atoms with Crippen LogP contribution >= 0.6 is 35.1 Å². The average molecular weight is 369 g/mol. The highest BCUT2D eigenvalue weighted by atomic mass is 35.5. The summed E-state index contributed by atoms with van der Waals surface area (Å²) >= 11 is 4.30.